The van der Waals surface area contributed by atoms with E-state index in [1.54, 1.807) is 22.7 Å². The van der Waals surface area contributed by atoms with Crippen LogP contribution in [-0.4, -0.2) is 22.5 Å². The summed E-state index contributed by atoms with van der Waals surface area (Å²) in [5.41, 5.74) is 4.60. The molecule has 6 heteroatoms. The maximum Gasteiger partial charge on any atom is 0.166 e. The fourth-order valence-corrected chi connectivity index (χ4v) is 6.75. The summed E-state index contributed by atoms with van der Waals surface area (Å²) in [6.07, 6.45) is 13.9. The van der Waals surface area contributed by atoms with Gasteiger partial charge in [-0.25, -0.2) is 0 Å². The van der Waals surface area contributed by atoms with Crippen molar-refractivity contribution in [3.63, 3.8) is 0 Å². The van der Waals surface area contributed by atoms with Crippen LogP contribution in [0.25, 0.3) is 32.3 Å². The fraction of sp³-hybridized carbons (Fsp3) is 0.400. The van der Waals surface area contributed by atoms with Crippen molar-refractivity contribution in [1.82, 2.24) is 9.97 Å². The lowest BCUT2D eigenvalue weighted by Crippen LogP contribution is -1.84. The molecular formula is C30H36N2O2S2. The summed E-state index contributed by atoms with van der Waals surface area (Å²) in [5, 5.41) is 0. The molecule has 0 saturated heterocycles. The Labute approximate surface area is 222 Å². The SMILES string of the molecule is CCCCCCc1ccc(-c2cc(-c3cc(-c4ccc(CCCCCC)s4)c(C=O)[nH]3)[nH]c2C=O)s1. The van der Waals surface area contributed by atoms with Crippen LogP contribution in [0.4, 0.5) is 0 Å². The Morgan fingerprint density at radius 1 is 0.639 bits per heavy atom. The number of hydrogen-bond donors (Lipinski definition) is 2. The maximum atomic E-state index is 11.9. The molecule has 4 aromatic rings. The monoisotopic (exact) mass is 520 g/mol. The molecule has 4 rings (SSSR count). The summed E-state index contributed by atoms with van der Waals surface area (Å²) in [5.74, 6) is 0. The highest BCUT2D eigenvalue weighted by Crippen LogP contribution is 2.37. The van der Waals surface area contributed by atoms with Crippen LogP contribution in [-0.2, 0) is 12.8 Å². The first-order valence-electron chi connectivity index (χ1n) is 13.2. The number of aldehydes is 2. The average molecular weight is 521 g/mol. The molecule has 2 N–H and O–H groups in total. The van der Waals surface area contributed by atoms with Crippen molar-refractivity contribution in [3.8, 4) is 32.3 Å². The summed E-state index contributed by atoms with van der Waals surface area (Å²) in [6, 6.07) is 12.6. The number of rotatable bonds is 15. The lowest BCUT2D eigenvalue weighted by Gasteiger charge is -1.97. The number of thiophene rings is 2. The minimum atomic E-state index is 0.568. The number of H-pyrrole nitrogens is 2. The van der Waals surface area contributed by atoms with E-state index in [1.165, 1.54) is 61.1 Å². The highest BCUT2D eigenvalue weighted by Gasteiger charge is 2.17. The molecule has 0 saturated carbocycles. The van der Waals surface area contributed by atoms with Gasteiger partial charge in [-0.05, 0) is 62.1 Å². The fourth-order valence-electron chi connectivity index (χ4n) is 4.59. The Morgan fingerprint density at radius 3 is 1.47 bits per heavy atom. The van der Waals surface area contributed by atoms with Crippen LogP contribution in [0.1, 0.15) is 95.9 Å². The topological polar surface area (TPSA) is 65.7 Å². The van der Waals surface area contributed by atoms with Crippen molar-refractivity contribution in [2.24, 2.45) is 0 Å². The standard InChI is InChI=1S/C30H36N2O2S2/c1-3-5-7-9-11-21-13-15-29(35-21)23-17-25(31-27(23)19-33)26-18-24(28(20-34)32-26)30-16-14-22(36-30)12-10-8-6-4-2/h13-20,31-32H,3-12H2,1-2H3. The first-order chi connectivity index (χ1) is 17.7. The number of aromatic nitrogens is 2. The molecule has 0 aliphatic heterocycles. The number of aryl methyl sites for hydroxylation is 2. The smallest absolute Gasteiger partial charge is 0.166 e. The van der Waals surface area contributed by atoms with E-state index in [0.29, 0.717) is 11.4 Å². The Hall–Kier alpha value is -2.70. The average Bonchev–Trinajstić information content (AvgIpc) is 3.69. The number of carbonyl (C=O) groups excluding carboxylic acids is 2. The summed E-state index contributed by atoms with van der Waals surface area (Å²) in [7, 11) is 0. The second kappa shape index (κ2) is 13.0. The van der Waals surface area contributed by atoms with E-state index in [-0.39, 0.29) is 0 Å². The first-order valence-corrected chi connectivity index (χ1v) is 14.8. The number of carbonyl (C=O) groups is 2. The van der Waals surface area contributed by atoms with Gasteiger partial charge in [0.1, 0.15) is 0 Å². The van der Waals surface area contributed by atoms with E-state index in [0.717, 1.165) is 57.7 Å². The van der Waals surface area contributed by atoms with Crippen molar-refractivity contribution in [3.05, 3.63) is 57.5 Å². The third-order valence-corrected chi connectivity index (χ3v) is 8.99. The lowest BCUT2D eigenvalue weighted by molar-refractivity contribution is 0.111. The highest BCUT2D eigenvalue weighted by molar-refractivity contribution is 7.15. The van der Waals surface area contributed by atoms with Crippen molar-refractivity contribution >= 4 is 35.2 Å². The Bertz CT molecular complexity index is 1180. The molecule has 0 bridgehead atoms. The zero-order valence-corrected chi connectivity index (χ0v) is 23.0. The van der Waals surface area contributed by atoms with E-state index in [1.807, 2.05) is 12.1 Å². The predicted molar refractivity (Wildman–Crippen MR) is 154 cm³/mol. The normalized spacial score (nSPS) is 11.3. The summed E-state index contributed by atoms with van der Waals surface area (Å²) >= 11 is 3.52. The van der Waals surface area contributed by atoms with Crippen LogP contribution >= 0.6 is 22.7 Å². The second-order valence-electron chi connectivity index (χ2n) is 9.41. The van der Waals surface area contributed by atoms with Gasteiger partial charge in [-0.3, -0.25) is 9.59 Å². The predicted octanol–water partition coefficient (Wildman–Crippen LogP) is 9.34. The van der Waals surface area contributed by atoms with E-state index in [2.05, 4.69) is 48.1 Å². The van der Waals surface area contributed by atoms with Crippen LogP contribution in [0.5, 0.6) is 0 Å². The van der Waals surface area contributed by atoms with Gasteiger partial charge in [-0.2, -0.15) is 0 Å². The van der Waals surface area contributed by atoms with Gasteiger partial charge in [0.05, 0.1) is 22.8 Å². The Morgan fingerprint density at radius 2 is 1.08 bits per heavy atom. The van der Waals surface area contributed by atoms with Gasteiger partial charge in [-0.15, -0.1) is 22.7 Å². The summed E-state index contributed by atoms with van der Waals surface area (Å²) in [4.78, 5) is 35.2. The van der Waals surface area contributed by atoms with Crippen molar-refractivity contribution in [1.29, 1.82) is 0 Å². The minimum absolute atomic E-state index is 0.568. The van der Waals surface area contributed by atoms with Crippen LogP contribution in [0, 0.1) is 0 Å². The molecule has 4 nitrogen and oxygen atoms in total. The molecule has 0 aromatic carbocycles. The molecule has 0 radical (unpaired) electrons. The first kappa shape index (κ1) is 26.4. The van der Waals surface area contributed by atoms with E-state index in [4.69, 9.17) is 0 Å². The van der Waals surface area contributed by atoms with E-state index < -0.39 is 0 Å². The third kappa shape index (κ3) is 6.34. The van der Waals surface area contributed by atoms with Crippen molar-refractivity contribution in [2.75, 3.05) is 0 Å². The van der Waals surface area contributed by atoms with Crippen molar-refractivity contribution < 1.29 is 9.59 Å². The molecule has 0 unspecified atom stereocenters. The lowest BCUT2D eigenvalue weighted by atomic mass is 10.1. The molecule has 0 amide bonds. The molecule has 4 heterocycles. The number of aromatic amines is 2. The molecule has 0 aliphatic rings. The largest absolute Gasteiger partial charge is 0.351 e. The second-order valence-corrected chi connectivity index (χ2v) is 11.7. The van der Waals surface area contributed by atoms with Crippen LogP contribution < -0.4 is 0 Å². The van der Waals surface area contributed by atoms with Crippen LogP contribution in [0.15, 0.2) is 36.4 Å². The Balaban J connectivity index is 1.54. The number of unbranched alkanes of at least 4 members (excludes halogenated alkanes) is 6. The maximum absolute atomic E-state index is 11.9. The van der Waals surface area contributed by atoms with Gasteiger partial charge in [0, 0.05) is 30.6 Å². The number of nitrogens with one attached hydrogen (secondary N) is 2. The third-order valence-electron chi connectivity index (χ3n) is 6.63. The number of hydrogen-bond acceptors (Lipinski definition) is 4. The van der Waals surface area contributed by atoms with Gasteiger partial charge in [0.2, 0.25) is 0 Å². The molecule has 0 aliphatic carbocycles. The molecule has 36 heavy (non-hydrogen) atoms. The van der Waals surface area contributed by atoms with Gasteiger partial charge < -0.3 is 9.97 Å². The zero-order valence-electron chi connectivity index (χ0n) is 21.3. The molecule has 190 valence electrons. The van der Waals surface area contributed by atoms with Crippen molar-refractivity contribution in [2.45, 2.75) is 78.1 Å². The van der Waals surface area contributed by atoms with E-state index in [9.17, 15) is 9.59 Å². The van der Waals surface area contributed by atoms with Gasteiger partial charge in [-0.1, -0.05) is 52.4 Å². The molecular weight excluding hydrogens is 484 g/mol. The zero-order chi connectivity index (χ0) is 25.3. The van der Waals surface area contributed by atoms with Gasteiger partial charge in [0.15, 0.2) is 12.6 Å². The summed E-state index contributed by atoms with van der Waals surface area (Å²) < 4.78 is 0. The van der Waals surface area contributed by atoms with Gasteiger partial charge >= 0.3 is 0 Å². The highest BCUT2D eigenvalue weighted by atomic mass is 32.1. The van der Waals surface area contributed by atoms with E-state index >= 15 is 0 Å². The summed E-state index contributed by atoms with van der Waals surface area (Å²) in [6.45, 7) is 4.46. The minimum Gasteiger partial charge on any atom is -0.351 e. The Kier molecular flexibility index (Phi) is 9.54. The molecule has 0 atom stereocenters. The van der Waals surface area contributed by atoms with Gasteiger partial charge in [0.25, 0.3) is 0 Å². The van der Waals surface area contributed by atoms with Crippen LogP contribution in [0.3, 0.4) is 0 Å². The van der Waals surface area contributed by atoms with Crippen LogP contribution in [0.2, 0.25) is 0 Å². The molecule has 0 fully saturated rings. The molecule has 0 spiro atoms. The molecule has 4 aromatic heterocycles. The quantitative estimate of drug-likeness (QED) is 0.121.